The lowest BCUT2D eigenvalue weighted by Crippen LogP contribution is -2.12. The lowest BCUT2D eigenvalue weighted by molar-refractivity contribution is 0.0506. The zero-order valence-corrected chi connectivity index (χ0v) is 12.7. The van der Waals surface area contributed by atoms with Crippen molar-refractivity contribution in [2.24, 2.45) is 0 Å². The first-order valence-electron chi connectivity index (χ1n) is 6.16. The molecular weight excluding hydrogens is 348 g/mol. The summed E-state index contributed by atoms with van der Waals surface area (Å²) in [6, 6.07) is 7.12. The van der Waals surface area contributed by atoms with Gasteiger partial charge in [0.2, 0.25) is 0 Å². The second-order valence-corrected chi connectivity index (χ2v) is 5.04. The van der Waals surface area contributed by atoms with Crippen molar-refractivity contribution in [2.75, 3.05) is 6.61 Å². The Balaban J connectivity index is 2.31. The van der Waals surface area contributed by atoms with Gasteiger partial charge < -0.3 is 4.74 Å². The smallest absolute Gasteiger partial charge is 0.361 e. The summed E-state index contributed by atoms with van der Waals surface area (Å²) in [4.78, 5) is 11.6. The molecule has 0 spiro atoms. The lowest BCUT2D eigenvalue weighted by Gasteiger charge is -2.07. The number of carbonyl (C=O) groups is 1. The second-order valence-electron chi connectivity index (χ2n) is 4.13. The molecule has 0 fully saturated rings. The highest BCUT2D eigenvalue weighted by Gasteiger charge is 2.27. The number of hydrogen-bond donors (Lipinski definition) is 0. The molecule has 2 rings (SSSR count). The van der Waals surface area contributed by atoms with Crippen LogP contribution in [-0.2, 0) is 11.3 Å². The maximum absolute atomic E-state index is 13.2. The second kappa shape index (κ2) is 6.75. The molecule has 1 aromatic carbocycles. The molecule has 0 aliphatic carbocycles. The SMILES string of the molecule is CCOC(=O)c1nnn(Cc2ccc(Br)cc2)c1C(F)F. The number of halogens is 3. The number of nitrogens with zero attached hydrogens (tertiary/aromatic N) is 3. The fraction of sp³-hybridized carbons (Fsp3) is 0.308. The Morgan fingerprint density at radius 1 is 1.38 bits per heavy atom. The molecule has 0 atom stereocenters. The largest absolute Gasteiger partial charge is 0.461 e. The standard InChI is InChI=1S/C13H12BrF2N3O2/c1-2-21-13(20)10-11(12(15)16)19(18-17-10)7-8-3-5-9(14)6-4-8/h3-6,12H,2,7H2,1H3. The first-order valence-corrected chi connectivity index (χ1v) is 6.95. The molecule has 5 nitrogen and oxygen atoms in total. The van der Waals surface area contributed by atoms with Crippen LogP contribution in [0, 0.1) is 0 Å². The lowest BCUT2D eigenvalue weighted by atomic mass is 10.2. The molecule has 0 unspecified atom stereocenters. The third kappa shape index (κ3) is 3.63. The van der Waals surface area contributed by atoms with Gasteiger partial charge in [0, 0.05) is 4.47 Å². The van der Waals surface area contributed by atoms with Gasteiger partial charge in [-0.25, -0.2) is 18.3 Å². The van der Waals surface area contributed by atoms with Gasteiger partial charge in [-0.05, 0) is 24.6 Å². The summed E-state index contributed by atoms with van der Waals surface area (Å²) >= 11 is 3.29. The van der Waals surface area contributed by atoms with Crippen molar-refractivity contribution in [1.29, 1.82) is 0 Å². The van der Waals surface area contributed by atoms with E-state index in [9.17, 15) is 13.6 Å². The molecular formula is C13H12BrF2N3O2. The normalized spacial score (nSPS) is 10.9. The van der Waals surface area contributed by atoms with E-state index < -0.39 is 23.8 Å². The number of rotatable bonds is 5. The van der Waals surface area contributed by atoms with Crippen LogP contribution in [0.3, 0.4) is 0 Å². The molecule has 112 valence electrons. The molecule has 0 aliphatic heterocycles. The quantitative estimate of drug-likeness (QED) is 0.769. The molecule has 0 radical (unpaired) electrons. The molecule has 0 saturated carbocycles. The van der Waals surface area contributed by atoms with E-state index in [1.165, 1.54) is 0 Å². The third-order valence-corrected chi connectivity index (χ3v) is 3.22. The summed E-state index contributed by atoms with van der Waals surface area (Å²) in [5, 5.41) is 7.15. The fourth-order valence-electron chi connectivity index (χ4n) is 1.76. The monoisotopic (exact) mass is 359 g/mol. The van der Waals surface area contributed by atoms with Crippen LogP contribution in [-0.4, -0.2) is 27.6 Å². The number of carbonyl (C=O) groups excluding carboxylic acids is 1. The van der Waals surface area contributed by atoms with Crippen LogP contribution in [0.4, 0.5) is 8.78 Å². The maximum atomic E-state index is 13.2. The third-order valence-electron chi connectivity index (χ3n) is 2.69. The predicted octanol–water partition coefficient (Wildman–Crippen LogP) is 3.20. The summed E-state index contributed by atoms with van der Waals surface area (Å²) in [6.45, 7) is 1.77. The highest BCUT2D eigenvalue weighted by Crippen LogP contribution is 2.23. The van der Waals surface area contributed by atoms with Crippen molar-refractivity contribution in [3.63, 3.8) is 0 Å². The molecule has 0 bridgehead atoms. The van der Waals surface area contributed by atoms with Crippen molar-refractivity contribution in [3.05, 3.63) is 45.7 Å². The van der Waals surface area contributed by atoms with Crippen molar-refractivity contribution in [2.45, 2.75) is 19.9 Å². The van der Waals surface area contributed by atoms with Crippen LogP contribution >= 0.6 is 15.9 Å². The van der Waals surface area contributed by atoms with Crippen molar-refractivity contribution in [1.82, 2.24) is 15.0 Å². The Kier molecular flexibility index (Phi) is 5.00. The van der Waals surface area contributed by atoms with Crippen molar-refractivity contribution in [3.8, 4) is 0 Å². The van der Waals surface area contributed by atoms with Crippen LogP contribution in [0.15, 0.2) is 28.7 Å². The number of benzene rings is 1. The zero-order valence-electron chi connectivity index (χ0n) is 11.1. The van der Waals surface area contributed by atoms with E-state index in [1.807, 2.05) is 0 Å². The minimum absolute atomic E-state index is 0.0844. The van der Waals surface area contributed by atoms with Crippen LogP contribution in [0.5, 0.6) is 0 Å². The minimum atomic E-state index is -2.87. The molecule has 8 heteroatoms. The Morgan fingerprint density at radius 2 is 2.05 bits per heavy atom. The fourth-order valence-corrected chi connectivity index (χ4v) is 2.03. The summed E-state index contributed by atoms with van der Waals surface area (Å²) in [6.07, 6.45) is -2.87. The van der Waals surface area contributed by atoms with Gasteiger partial charge in [0.25, 0.3) is 6.43 Å². The van der Waals surface area contributed by atoms with Gasteiger partial charge in [0.15, 0.2) is 5.69 Å². The van der Waals surface area contributed by atoms with Gasteiger partial charge in [0.1, 0.15) is 5.69 Å². The van der Waals surface area contributed by atoms with E-state index in [0.29, 0.717) is 0 Å². The number of esters is 1. The van der Waals surface area contributed by atoms with Gasteiger partial charge >= 0.3 is 5.97 Å². The highest BCUT2D eigenvalue weighted by molar-refractivity contribution is 9.10. The summed E-state index contributed by atoms with van der Waals surface area (Å²) in [5.74, 6) is -0.894. The molecule has 0 N–H and O–H groups in total. The molecule has 1 heterocycles. The minimum Gasteiger partial charge on any atom is -0.461 e. The Labute approximate surface area is 128 Å². The molecule has 21 heavy (non-hydrogen) atoms. The zero-order chi connectivity index (χ0) is 15.4. The van der Waals surface area contributed by atoms with Gasteiger partial charge in [0.05, 0.1) is 13.2 Å². The van der Waals surface area contributed by atoms with E-state index >= 15 is 0 Å². The average Bonchev–Trinajstić information content (AvgIpc) is 2.85. The molecule has 0 amide bonds. The predicted molar refractivity (Wildman–Crippen MR) is 74.2 cm³/mol. The summed E-state index contributed by atoms with van der Waals surface area (Å²) in [5.41, 5.74) is -0.208. The number of ether oxygens (including phenoxy) is 1. The van der Waals surface area contributed by atoms with Crippen LogP contribution in [0.2, 0.25) is 0 Å². The van der Waals surface area contributed by atoms with Gasteiger partial charge in [-0.15, -0.1) is 5.10 Å². The van der Waals surface area contributed by atoms with E-state index in [4.69, 9.17) is 4.74 Å². The van der Waals surface area contributed by atoms with E-state index in [1.54, 1.807) is 31.2 Å². The summed E-state index contributed by atoms with van der Waals surface area (Å²) < 4.78 is 32.9. The maximum Gasteiger partial charge on any atom is 0.361 e. The van der Waals surface area contributed by atoms with Crippen LogP contribution in [0.25, 0.3) is 0 Å². The van der Waals surface area contributed by atoms with Gasteiger partial charge in [-0.1, -0.05) is 33.3 Å². The Hall–Kier alpha value is -1.83. The van der Waals surface area contributed by atoms with Crippen LogP contribution in [0.1, 0.15) is 35.1 Å². The van der Waals surface area contributed by atoms with Crippen LogP contribution < -0.4 is 0 Å². The number of hydrogen-bond acceptors (Lipinski definition) is 4. The van der Waals surface area contributed by atoms with E-state index in [-0.39, 0.29) is 13.2 Å². The van der Waals surface area contributed by atoms with E-state index in [0.717, 1.165) is 14.7 Å². The van der Waals surface area contributed by atoms with E-state index in [2.05, 4.69) is 26.2 Å². The molecule has 0 saturated heterocycles. The highest BCUT2D eigenvalue weighted by atomic mass is 79.9. The molecule has 1 aromatic heterocycles. The molecule has 0 aliphatic rings. The van der Waals surface area contributed by atoms with Gasteiger partial charge in [-0.2, -0.15) is 0 Å². The average molecular weight is 360 g/mol. The topological polar surface area (TPSA) is 57.0 Å². The Morgan fingerprint density at radius 3 is 2.62 bits per heavy atom. The van der Waals surface area contributed by atoms with Crippen molar-refractivity contribution >= 4 is 21.9 Å². The Bertz CT molecular complexity index is 629. The molecule has 2 aromatic rings. The first kappa shape index (κ1) is 15.6. The van der Waals surface area contributed by atoms with Crippen molar-refractivity contribution < 1.29 is 18.3 Å². The summed E-state index contributed by atoms with van der Waals surface area (Å²) in [7, 11) is 0. The number of aromatic nitrogens is 3. The first-order chi connectivity index (χ1) is 10.0. The number of alkyl halides is 2. The van der Waals surface area contributed by atoms with Gasteiger partial charge in [-0.3, -0.25) is 0 Å².